The van der Waals surface area contributed by atoms with Gasteiger partial charge in [0.05, 0.1) is 22.4 Å². The molecule has 2 atom stereocenters. The lowest BCUT2D eigenvalue weighted by molar-refractivity contribution is -0.134. The number of rotatable bonds is 9. The molecule has 0 saturated carbocycles. The highest BCUT2D eigenvalue weighted by molar-refractivity contribution is 5.91. The monoisotopic (exact) mass is 726 g/mol. The van der Waals surface area contributed by atoms with Crippen molar-refractivity contribution in [1.29, 1.82) is 0 Å². The van der Waals surface area contributed by atoms with Crippen LogP contribution in [0.1, 0.15) is 64.6 Å². The van der Waals surface area contributed by atoms with E-state index in [0.29, 0.717) is 12.2 Å². The van der Waals surface area contributed by atoms with Crippen molar-refractivity contribution in [2.45, 2.75) is 56.8 Å². The van der Waals surface area contributed by atoms with Crippen molar-refractivity contribution in [3.8, 4) is 28.3 Å². The van der Waals surface area contributed by atoms with E-state index < -0.39 is 10.8 Å². The molecular formula is C52H42N2O2. The van der Waals surface area contributed by atoms with Crippen molar-refractivity contribution in [1.82, 2.24) is 9.97 Å². The molecule has 272 valence electrons. The van der Waals surface area contributed by atoms with Gasteiger partial charge in [-0.25, -0.2) is 9.97 Å². The van der Waals surface area contributed by atoms with E-state index >= 15 is 0 Å². The number of ether oxygens (including phenoxy) is 1. The first-order valence-electron chi connectivity index (χ1n) is 19.7. The van der Waals surface area contributed by atoms with Crippen molar-refractivity contribution >= 4 is 27.8 Å². The third-order valence-corrected chi connectivity index (χ3v) is 12.4. The Morgan fingerprint density at radius 1 is 0.536 bits per heavy atom. The zero-order chi connectivity index (χ0) is 37.9. The maximum absolute atomic E-state index is 14.0. The van der Waals surface area contributed by atoms with Gasteiger partial charge in [0.2, 0.25) is 0 Å². The maximum atomic E-state index is 14.0. The Hall–Kier alpha value is -6.39. The molecule has 4 heteroatoms. The summed E-state index contributed by atoms with van der Waals surface area (Å²) in [4.78, 5) is 24.9. The van der Waals surface area contributed by atoms with Crippen LogP contribution in [0.3, 0.4) is 0 Å². The Balaban J connectivity index is 1.24. The first-order chi connectivity index (χ1) is 27.4. The smallest absolute Gasteiger partial charge is 0.311 e. The molecule has 0 radical (unpaired) electrons. The summed E-state index contributed by atoms with van der Waals surface area (Å²) in [6, 6.07) is 55.7. The first kappa shape index (κ1) is 34.1. The Morgan fingerprint density at radius 2 is 1.04 bits per heavy atom. The van der Waals surface area contributed by atoms with Gasteiger partial charge in [-0.2, -0.15) is 0 Å². The second kappa shape index (κ2) is 13.4. The summed E-state index contributed by atoms with van der Waals surface area (Å²) in [5.74, 6) is 0.328. The van der Waals surface area contributed by atoms with Crippen LogP contribution < -0.4 is 4.74 Å². The lowest BCUT2D eigenvalue weighted by Crippen LogP contribution is -2.39. The maximum Gasteiger partial charge on any atom is 0.311 e. The van der Waals surface area contributed by atoms with Crippen LogP contribution in [-0.2, 0) is 22.0 Å². The molecule has 0 spiro atoms. The fourth-order valence-corrected chi connectivity index (χ4v) is 9.78. The highest BCUT2D eigenvalue weighted by Gasteiger charge is 2.54. The minimum atomic E-state index is -0.589. The fraction of sp³-hybridized carbons (Fsp3) is 0.173. The summed E-state index contributed by atoms with van der Waals surface area (Å²) in [6.45, 7) is 4.37. The van der Waals surface area contributed by atoms with Crippen LogP contribution in [0.5, 0.6) is 5.75 Å². The molecule has 0 saturated heterocycles. The van der Waals surface area contributed by atoms with Crippen LogP contribution in [0.25, 0.3) is 44.3 Å². The van der Waals surface area contributed by atoms with Gasteiger partial charge in [-0.15, -0.1) is 0 Å². The van der Waals surface area contributed by atoms with E-state index in [1.807, 2.05) is 30.3 Å². The van der Waals surface area contributed by atoms with Crippen molar-refractivity contribution < 1.29 is 9.53 Å². The number of carbonyl (C=O) groups excluding carboxylic acids is 1. The van der Waals surface area contributed by atoms with Gasteiger partial charge < -0.3 is 4.74 Å². The van der Waals surface area contributed by atoms with Gasteiger partial charge >= 0.3 is 5.97 Å². The van der Waals surface area contributed by atoms with Crippen LogP contribution >= 0.6 is 0 Å². The second-order valence-corrected chi connectivity index (χ2v) is 15.9. The number of carbonyl (C=O) groups is 1. The van der Waals surface area contributed by atoms with Gasteiger partial charge in [0.1, 0.15) is 5.75 Å². The number of para-hydroxylation sites is 3. The van der Waals surface area contributed by atoms with Crippen molar-refractivity contribution in [2.24, 2.45) is 0 Å². The number of pyridine rings is 2. The normalized spacial score (nSPS) is 17.7. The molecule has 2 aliphatic carbocycles. The van der Waals surface area contributed by atoms with E-state index in [9.17, 15) is 4.79 Å². The molecule has 2 heterocycles. The van der Waals surface area contributed by atoms with Gasteiger partial charge in [0, 0.05) is 39.2 Å². The number of nitrogens with zero attached hydrogens (tertiary/aromatic N) is 2. The number of benzene rings is 6. The van der Waals surface area contributed by atoms with Crippen LogP contribution in [-0.4, -0.2) is 15.9 Å². The Morgan fingerprint density at radius 3 is 1.61 bits per heavy atom. The lowest BCUT2D eigenvalue weighted by Gasteiger charge is -2.43. The molecular weight excluding hydrogens is 685 g/mol. The Labute approximate surface area is 327 Å². The molecule has 56 heavy (non-hydrogen) atoms. The molecule has 10 rings (SSSR count). The number of aryl methyl sites for hydroxylation is 3. The average molecular weight is 727 g/mol. The lowest BCUT2D eigenvalue weighted by atomic mass is 9.59. The quantitative estimate of drug-likeness (QED) is 0.110. The third-order valence-electron chi connectivity index (χ3n) is 12.4. The molecule has 0 amide bonds. The topological polar surface area (TPSA) is 52.1 Å². The van der Waals surface area contributed by atoms with Gasteiger partial charge in [0.25, 0.3) is 0 Å². The van der Waals surface area contributed by atoms with E-state index in [1.54, 1.807) is 0 Å². The minimum absolute atomic E-state index is 0.235. The third kappa shape index (κ3) is 5.62. The van der Waals surface area contributed by atoms with Crippen LogP contribution in [0.2, 0.25) is 0 Å². The first-order valence-corrected chi connectivity index (χ1v) is 19.7. The summed E-state index contributed by atoms with van der Waals surface area (Å²) in [6.07, 6.45) is 3.29. The highest BCUT2D eigenvalue weighted by Crippen LogP contribution is 2.62. The summed E-state index contributed by atoms with van der Waals surface area (Å²) >= 11 is 0. The number of fused-ring (bicyclic) bond motifs is 8. The molecule has 8 aromatic rings. The summed E-state index contributed by atoms with van der Waals surface area (Å²) in [5.41, 5.74) is 14.0. The van der Waals surface area contributed by atoms with Crippen molar-refractivity contribution in [3.05, 3.63) is 197 Å². The molecule has 0 fully saturated rings. The van der Waals surface area contributed by atoms with Crippen LogP contribution in [0, 0.1) is 13.8 Å². The molecule has 2 aromatic heterocycles. The molecule has 0 N–H and O–H groups in total. The highest BCUT2D eigenvalue weighted by atomic mass is 16.5. The van der Waals surface area contributed by atoms with Crippen LogP contribution in [0.15, 0.2) is 158 Å². The largest absolute Gasteiger partial charge is 0.427 e. The van der Waals surface area contributed by atoms with E-state index in [1.165, 1.54) is 44.5 Å². The zero-order valence-corrected chi connectivity index (χ0v) is 31.8. The average Bonchev–Trinajstić information content (AvgIpc) is 3.62. The summed E-state index contributed by atoms with van der Waals surface area (Å²) in [7, 11) is 0. The fourth-order valence-electron chi connectivity index (χ4n) is 9.78. The zero-order valence-electron chi connectivity index (χ0n) is 31.8. The summed E-state index contributed by atoms with van der Waals surface area (Å²) < 4.78 is 6.00. The van der Waals surface area contributed by atoms with E-state index in [0.717, 1.165) is 58.0 Å². The molecule has 2 unspecified atom stereocenters. The Kier molecular flexibility index (Phi) is 8.18. The molecule has 4 nitrogen and oxygen atoms in total. The van der Waals surface area contributed by atoms with E-state index in [-0.39, 0.29) is 12.4 Å². The number of aromatic nitrogens is 2. The van der Waals surface area contributed by atoms with Gasteiger partial charge in [-0.05, 0) is 104 Å². The number of hydrogen-bond acceptors (Lipinski definition) is 4. The molecule has 6 aromatic carbocycles. The van der Waals surface area contributed by atoms with E-state index in [2.05, 4.69) is 141 Å². The van der Waals surface area contributed by atoms with Gasteiger partial charge in [-0.3, -0.25) is 4.79 Å². The minimum Gasteiger partial charge on any atom is -0.427 e. The van der Waals surface area contributed by atoms with Gasteiger partial charge in [-0.1, -0.05) is 132 Å². The molecule has 2 aliphatic rings. The van der Waals surface area contributed by atoms with Crippen molar-refractivity contribution in [3.63, 3.8) is 0 Å². The molecule has 0 aliphatic heterocycles. The number of hydrogen-bond donors (Lipinski definition) is 0. The van der Waals surface area contributed by atoms with E-state index in [4.69, 9.17) is 14.7 Å². The molecule has 0 bridgehead atoms. The van der Waals surface area contributed by atoms with Gasteiger partial charge in [0.15, 0.2) is 0 Å². The standard InChI is InChI=1S/C52H42N2O2/c1-34-21-23-40-42(29-34)51(27-25-36-13-5-3-6-14-36,44-31-37-15-9-11-19-46(37)53-49(40)44)33-52(28-26-48(55)56-39-17-7-4-8-18-39)43-30-35(2)22-24-41(43)50-45(52)32-38-16-10-12-20-47(38)54-50/h3-24,29-32H,25-28,33H2,1-2H3. The second-order valence-electron chi connectivity index (χ2n) is 15.9. The van der Waals surface area contributed by atoms with Crippen molar-refractivity contribution in [2.75, 3.05) is 0 Å². The van der Waals surface area contributed by atoms with Crippen LogP contribution in [0.4, 0.5) is 0 Å². The summed E-state index contributed by atoms with van der Waals surface area (Å²) in [5, 5.41) is 2.23. The predicted molar refractivity (Wildman–Crippen MR) is 226 cm³/mol. The predicted octanol–water partition coefficient (Wildman–Crippen LogP) is 12.0. The SMILES string of the molecule is Cc1ccc2c(c1)C(CCC(=O)Oc1ccccc1)(CC1(CCc3ccccc3)c3cc(C)ccc3-c3nc4ccccc4cc31)c1cc3ccccc3nc1-2. The number of esters is 1. The Bertz CT molecular complexity index is 2810.